The molecule has 0 aromatic heterocycles. The first-order valence-electron chi connectivity index (χ1n) is 7.74. The van der Waals surface area contributed by atoms with Gasteiger partial charge in [-0.1, -0.05) is 17.7 Å². The van der Waals surface area contributed by atoms with Crippen molar-refractivity contribution in [3.05, 3.63) is 40.9 Å². The van der Waals surface area contributed by atoms with Gasteiger partial charge in [0.15, 0.2) is 5.78 Å². The summed E-state index contributed by atoms with van der Waals surface area (Å²) in [6.45, 7) is 2.00. The Balaban J connectivity index is 2.14. The molecule has 2 rings (SSSR count). The van der Waals surface area contributed by atoms with Gasteiger partial charge in [-0.25, -0.2) is 0 Å². The van der Waals surface area contributed by atoms with E-state index in [9.17, 15) is 9.59 Å². The van der Waals surface area contributed by atoms with E-state index in [4.69, 9.17) is 21.1 Å². The van der Waals surface area contributed by atoms with Gasteiger partial charge in [0.25, 0.3) is 0 Å². The van der Waals surface area contributed by atoms with E-state index in [0.29, 0.717) is 24.2 Å². The predicted octanol–water partition coefficient (Wildman–Crippen LogP) is 3.98. The maximum absolute atomic E-state index is 12.7. The lowest BCUT2D eigenvalue weighted by molar-refractivity contribution is -0.146. The Kier molecular flexibility index (Phi) is 6.22. The molecule has 2 atom stereocenters. The number of allylic oxidation sites excluding steroid dienone is 2. The number of hydrogen-bond donors (Lipinski definition) is 0. The lowest BCUT2D eigenvalue weighted by Gasteiger charge is -2.18. The summed E-state index contributed by atoms with van der Waals surface area (Å²) in [6, 6.07) is 6.77. The van der Waals surface area contributed by atoms with Crippen molar-refractivity contribution in [1.82, 2.24) is 0 Å². The van der Waals surface area contributed by atoms with Gasteiger partial charge in [-0.05, 0) is 56.4 Å². The molecule has 1 aliphatic rings. The summed E-state index contributed by atoms with van der Waals surface area (Å²) in [5.74, 6) is -0.588. The fourth-order valence-electron chi connectivity index (χ4n) is 2.76. The van der Waals surface area contributed by atoms with E-state index >= 15 is 0 Å². The summed E-state index contributed by atoms with van der Waals surface area (Å²) in [6.07, 6.45) is 3.92. The van der Waals surface area contributed by atoms with E-state index in [1.165, 1.54) is 0 Å². The maximum Gasteiger partial charge on any atom is 0.316 e. The second-order valence-corrected chi connectivity index (χ2v) is 6.08. The first-order valence-corrected chi connectivity index (χ1v) is 8.12. The largest absolute Gasteiger partial charge is 0.497 e. The van der Waals surface area contributed by atoms with Crippen LogP contribution in [-0.2, 0) is 9.53 Å². The Morgan fingerprint density at radius 3 is 2.52 bits per heavy atom. The van der Waals surface area contributed by atoms with Crippen molar-refractivity contribution in [3.63, 3.8) is 0 Å². The highest BCUT2D eigenvalue weighted by Crippen LogP contribution is 2.33. The molecule has 0 radical (unpaired) electrons. The number of rotatable bonds is 7. The van der Waals surface area contributed by atoms with E-state index < -0.39 is 11.9 Å². The standard InChI is InChI=1S/C18H21ClO4/c1-3-23-18(21)16(11-12-4-7-14(19)10-12)17(20)13-5-8-15(22-2)9-6-13/h5-9,12,16H,3-4,10-11H2,1-2H3. The van der Waals surface area contributed by atoms with Crippen molar-refractivity contribution in [2.24, 2.45) is 11.8 Å². The van der Waals surface area contributed by atoms with Crippen LogP contribution in [0.1, 0.15) is 36.5 Å². The predicted molar refractivity (Wildman–Crippen MR) is 88.7 cm³/mol. The molecule has 0 bridgehead atoms. The quantitative estimate of drug-likeness (QED) is 0.429. The number of esters is 1. The highest BCUT2D eigenvalue weighted by Gasteiger charge is 2.32. The van der Waals surface area contributed by atoms with E-state index in [2.05, 4.69) is 0 Å². The summed E-state index contributed by atoms with van der Waals surface area (Å²) in [7, 11) is 1.56. The van der Waals surface area contributed by atoms with Gasteiger partial charge >= 0.3 is 5.97 Å². The number of hydrogen-bond acceptors (Lipinski definition) is 4. The number of carbonyl (C=O) groups excluding carboxylic acids is 2. The molecule has 0 N–H and O–H groups in total. The smallest absolute Gasteiger partial charge is 0.316 e. The lowest BCUT2D eigenvalue weighted by Crippen LogP contribution is -2.28. The third kappa shape index (κ3) is 4.58. The molecular weight excluding hydrogens is 316 g/mol. The summed E-state index contributed by atoms with van der Waals surface area (Å²) in [5, 5.41) is 0.800. The monoisotopic (exact) mass is 336 g/mol. The molecule has 0 aliphatic heterocycles. The van der Waals surface area contributed by atoms with Crippen LogP contribution >= 0.6 is 11.6 Å². The van der Waals surface area contributed by atoms with Gasteiger partial charge in [-0.2, -0.15) is 0 Å². The number of carbonyl (C=O) groups is 2. The van der Waals surface area contributed by atoms with Gasteiger partial charge in [-0.3, -0.25) is 9.59 Å². The average molecular weight is 337 g/mol. The molecule has 2 unspecified atom stereocenters. The third-order valence-electron chi connectivity index (χ3n) is 3.99. The van der Waals surface area contributed by atoms with Gasteiger partial charge in [0.1, 0.15) is 11.7 Å². The molecule has 0 fully saturated rings. The zero-order valence-corrected chi connectivity index (χ0v) is 14.1. The fraction of sp³-hybridized carbons (Fsp3) is 0.444. The molecule has 5 heteroatoms. The minimum Gasteiger partial charge on any atom is -0.497 e. The molecule has 1 aliphatic carbocycles. The third-order valence-corrected chi connectivity index (χ3v) is 4.30. The van der Waals surface area contributed by atoms with Crippen molar-refractivity contribution in [2.75, 3.05) is 13.7 Å². The number of halogens is 1. The summed E-state index contributed by atoms with van der Waals surface area (Å²) in [5.41, 5.74) is 0.487. The number of benzene rings is 1. The summed E-state index contributed by atoms with van der Waals surface area (Å²) < 4.78 is 10.2. The molecule has 124 valence electrons. The number of ketones is 1. The van der Waals surface area contributed by atoms with Crippen LogP contribution in [-0.4, -0.2) is 25.5 Å². The molecule has 4 nitrogen and oxygen atoms in total. The Morgan fingerprint density at radius 2 is 2.00 bits per heavy atom. The normalized spacial score (nSPS) is 18.2. The van der Waals surface area contributed by atoms with E-state index in [-0.39, 0.29) is 18.3 Å². The molecule has 23 heavy (non-hydrogen) atoms. The highest BCUT2D eigenvalue weighted by atomic mass is 35.5. The number of ether oxygens (including phenoxy) is 2. The Hall–Kier alpha value is -1.81. The zero-order valence-electron chi connectivity index (χ0n) is 13.4. The Bertz CT molecular complexity index is 592. The van der Waals surface area contributed by atoms with Crippen LogP contribution in [0.3, 0.4) is 0 Å². The Labute approximate surface area is 141 Å². The van der Waals surface area contributed by atoms with Crippen molar-refractivity contribution >= 4 is 23.4 Å². The van der Waals surface area contributed by atoms with Gasteiger partial charge in [0.05, 0.1) is 13.7 Å². The van der Waals surface area contributed by atoms with Crippen molar-refractivity contribution in [1.29, 1.82) is 0 Å². The molecule has 1 aromatic carbocycles. The van der Waals surface area contributed by atoms with Crippen LogP contribution in [0.4, 0.5) is 0 Å². The topological polar surface area (TPSA) is 52.6 Å². The summed E-state index contributed by atoms with van der Waals surface area (Å²) in [4.78, 5) is 25.0. The average Bonchev–Trinajstić information content (AvgIpc) is 2.97. The molecule has 0 saturated carbocycles. The molecule has 0 amide bonds. The van der Waals surface area contributed by atoms with Crippen LogP contribution in [0.2, 0.25) is 0 Å². The number of methoxy groups -OCH3 is 1. The molecule has 0 saturated heterocycles. The van der Waals surface area contributed by atoms with Gasteiger partial charge in [0, 0.05) is 10.6 Å². The fourth-order valence-corrected chi connectivity index (χ4v) is 3.07. The van der Waals surface area contributed by atoms with Crippen molar-refractivity contribution in [3.8, 4) is 5.75 Å². The van der Waals surface area contributed by atoms with Crippen LogP contribution in [0.5, 0.6) is 5.75 Å². The van der Waals surface area contributed by atoms with Crippen LogP contribution in [0.25, 0.3) is 0 Å². The second kappa shape index (κ2) is 8.16. The zero-order chi connectivity index (χ0) is 16.8. The van der Waals surface area contributed by atoms with Gasteiger partial charge in [0.2, 0.25) is 0 Å². The molecule has 1 aromatic rings. The maximum atomic E-state index is 12.7. The van der Waals surface area contributed by atoms with Crippen molar-refractivity contribution in [2.45, 2.75) is 26.2 Å². The first-order chi connectivity index (χ1) is 11.0. The van der Waals surface area contributed by atoms with Crippen LogP contribution in [0, 0.1) is 11.8 Å². The SMILES string of the molecule is CCOC(=O)C(CC1CC=C(Cl)C1)C(=O)c1ccc(OC)cc1. The molecule has 0 spiro atoms. The van der Waals surface area contributed by atoms with E-state index in [1.54, 1.807) is 38.3 Å². The molecular formula is C18H21ClO4. The van der Waals surface area contributed by atoms with Gasteiger partial charge < -0.3 is 9.47 Å². The second-order valence-electron chi connectivity index (χ2n) is 5.59. The highest BCUT2D eigenvalue weighted by molar-refractivity contribution is 6.29. The van der Waals surface area contributed by atoms with Crippen LogP contribution < -0.4 is 4.74 Å². The lowest BCUT2D eigenvalue weighted by atomic mass is 9.87. The number of Topliss-reactive ketones (excluding diaryl/α,β-unsaturated/α-hetero) is 1. The van der Waals surface area contributed by atoms with Gasteiger partial charge in [-0.15, -0.1) is 0 Å². The van der Waals surface area contributed by atoms with E-state index in [1.807, 2.05) is 6.08 Å². The van der Waals surface area contributed by atoms with E-state index in [0.717, 1.165) is 11.5 Å². The minimum absolute atomic E-state index is 0.208. The van der Waals surface area contributed by atoms with Crippen molar-refractivity contribution < 1.29 is 19.1 Å². The Morgan fingerprint density at radius 1 is 1.30 bits per heavy atom. The summed E-state index contributed by atoms with van der Waals surface area (Å²) >= 11 is 6.01. The minimum atomic E-state index is -0.788. The molecule has 0 heterocycles. The van der Waals surface area contributed by atoms with Crippen LogP contribution in [0.15, 0.2) is 35.4 Å². The first kappa shape index (κ1) is 17.5.